The van der Waals surface area contributed by atoms with Crippen LogP contribution in [0.5, 0.6) is 0 Å². The molecule has 2 aromatic carbocycles. The molecule has 130 valence electrons. The van der Waals surface area contributed by atoms with Gasteiger partial charge in [0.15, 0.2) is 0 Å². The van der Waals surface area contributed by atoms with Crippen molar-refractivity contribution in [3.05, 3.63) is 63.8 Å². The summed E-state index contributed by atoms with van der Waals surface area (Å²) >= 11 is 12.0. The summed E-state index contributed by atoms with van der Waals surface area (Å²) in [6.07, 6.45) is 0.631. The smallest absolute Gasteiger partial charge is 0.302 e. The lowest BCUT2D eigenvalue weighted by molar-refractivity contribution is 0.391. The second kappa shape index (κ2) is 6.21. The molecule has 25 heavy (non-hydrogen) atoms. The van der Waals surface area contributed by atoms with Crippen molar-refractivity contribution in [1.82, 2.24) is 9.29 Å². The van der Waals surface area contributed by atoms with Crippen LogP contribution in [0.4, 0.5) is 5.69 Å². The summed E-state index contributed by atoms with van der Waals surface area (Å²) in [6, 6.07) is 12.3. The average molecular weight is 396 g/mol. The molecule has 5 nitrogen and oxygen atoms in total. The van der Waals surface area contributed by atoms with Crippen molar-refractivity contribution in [1.29, 1.82) is 0 Å². The van der Waals surface area contributed by atoms with E-state index in [1.165, 1.54) is 4.31 Å². The summed E-state index contributed by atoms with van der Waals surface area (Å²) in [4.78, 5) is 3.30. The number of fused-ring (bicyclic) bond motifs is 3. The van der Waals surface area contributed by atoms with Gasteiger partial charge in [0.1, 0.15) is 0 Å². The predicted octanol–water partition coefficient (Wildman–Crippen LogP) is 4.19. The van der Waals surface area contributed by atoms with E-state index in [0.717, 1.165) is 22.2 Å². The van der Waals surface area contributed by atoms with Crippen LogP contribution < -0.4 is 4.72 Å². The summed E-state index contributed by atoms with van der Waals surface area (Å²) in [5, 5.41) is 2.21. The van der Waals surface area contributed by atoms with E-state index >= 15 is 0 Å². The fourth-order valence-electron chi connectivity index (χ4n) is 3.16. The number of aromatic nitrogens is 1. The zero-order valence-corrected chi connectivity index (χ0v) is 15.4. The van der Waals surface area contributed by atoms with Gasteiger partial charge in [-0.25, -0.2) is 0 Å². The van der Waals surface area contributed by atoms with E-state index in [1.807, 2.05) is 18.2 Å². The van der Waals surface area contributed by atoms with Gasteiger partial charge < -0.3 is 4.98 Å². The van der Waals surface area contributed by atoms with Gasteiger partial charge in [-0.3, -0.25) is 4.72 Å². The predicted molar refractivity (Wildman–Crippen MR) is 101 cm³/mol. The number of nitrogens with one attached hydrogen (secondary N) is 2. The Kier molecular flexibility index (Phi) is 4.16. The minimum absolute atomic E-state index is 0.289. The molecule has 0 radical (unpaired) electrons. The van der Waals surface area contributed by atoms with E-state index in [0.29, 0.717) is 28.7 Å². The maximum absolute atomic E-state index is 12.7. The van der Waals surface area contributed by atoms with E-state index in [-0.39, 0.29) is 6.54 Å². The second-order valence-corrected chi connectivity index (χ2v) is 8.52. The fraction of sp³-hybridized carbons (Fsp3) is 0.176. The first-order valence-corrected chi connectivity index (χ1v) is 9.94. The number of rotatable bonds is 3. The minimum atomic E-state index is -3.66. The van der Waals surface area contributed by atoms with Crippen molar-refractivity contribution in [3.8, 4) is 0 Å². The van der Waals surface area contributed by atoms with Crippen molar-refractivity contribution in [3.63, 3.8) is 0 Å². The van der Waals surface area contributed by atoms with Gasteiger partial charge in [0.2, 0.25) is 0 Å². The van der Waals surface area contributed by atoms with Crippen LogP contribution in [0, 0.1) is 0 Å². The third-order valence-corrected chi connectivity index (χ3v) is 6.27. The quantitative estimate of drug-likeness (QED) is 0.697. The lowest BCUT2D eigenvalue weighted by Crippen LogP contribution is -2.39. The summed E-state index contributed by atoms with van der Waals surface area (Å²) < 4.78 is 29.4. The maximum atomic E-state index is 12.7. The molecule has 0 unspecified atom stereocenters. The Morgan fingerprint density at radius 2 is 1.88 bits per heavy atom. The Balaban J connectivity index is 1.62. The lowest BCUT2D eigenvalue weighted by atomic mass is 10.0. The number of aromatic amines is 1. The molecule has 0 spiro atoms. The molecule has 0 fully saturated rings. The molecule has 0 aliphatic carbocycles. The van der Waals surface area contributed by atoms with Crippen LogP contribution in [-0.2, 0) is 23.2 Å². The Bertz CT molecular complexity index is 1060. The molecule has 0 amide bonds. The molecule has 0 bridgehead atoms. The third kappa shape index (κ3) is 3.22. The van der Waals surface area contributed by atoms with Crippen LogP contribution in [-0.4, -0.2) is 24.3 Å². The van der Waals surface area contributed by atoms with Crippen molar-refractivity contribution in [2.45, 2.75) is 13.0 Å². The standard InChI is InChI=1S/C17H15Cl2N3O2S/c18-11-2-1-3-13(8-11)21-25(23,24)22-7-6-14-15-9-12(19)4-5-16(15)20-17(14)10-22/h1-5,8-9,20-21H,6-7,10H2. The number of hydrogen-bond acceptors (Lipinski definition) is 2. The molecule has 1 aliphatic rings. The highest BCUT2D eigenvalue weighted by Gasteiger charge is 2.29. The van der Waals surface area contributed by atoms with Crippen molar-refractivity contribution >= 4 is 50.0 Å². The van der Waals surface area contributed by atoms with Crippen LogP contribution in [0.3, 0.4) is 0 Å². The summed E-state index contributed by atoms with van der Waals surface area (Å²) in [5.41, 5.74) is 3.45. The molecule has 1 aliphatic heterocycles. The van der Waals surface area contributed by atoms with E-state index in [1.54, 1.807) is 24.3 Å². The molecule has 0 saturated heterocycles. The van der Waals surface area contributed by atoms with Gasteiger partial charge in [-0.1, -0.05) is 29.3 Å². The molecule has 3 aromatic rings. The highest BCUT2D eigenvalue weighted by atomic mass is 35.5. The van der Waals surface area contributed by atoms with Crippen molar-refractivity contribution in [2.75, 3.05) is 11.3 Å². The summed E-state index contributed by atoms with van der Waals surface area (Å²) in [7, 11) is -3.66. The first kappa shape index (κ1) is 16.7. The molecule has 0 atom stereocenters. The van der Waals surface area contributed by atoms with Crippen LogP contribution in [0.25, 0.3) is 10.9 Å². The lowest BCUT2D eigenvalue weighted by Gasteiger charge is -2.26. The SMILES string of the molecule is O=S(=O)(Nc1cccc(Cl)c1)N1CCc2c([nH]c3ccc(Cl)cc23)C1. The van der Waals surface area contributed by atoms with E-state index < -0.39 is 10.2 Å². The van der Waals surface area contributed by atoms with E-state index in [2.05, 4.69) is 9.71 Å². The zero-order valence-electron chi connectivity index (χ0n) is 13.1. The van der Waals surface area contributed by atoms with Gasteiger partial charge in [0.05, 0.1) is 12.2 Å². The number of H-pyrrole nitrogens is 1. The fourth-order valence-corrected chi connectivity index (χ4v) is 4.71. The Labute approximate surface area is 155 Å². The molecule has 2 heterocycles. The largest absolute Gasteiger partial charge is 0.357 e. The normalized spacial score (nSPS) is 15.3. The highest BCUT2D eigenvalue weighted by Crippen LogP contribution is 2.30. The van der Waals surface area contributed by atoms with Crippen LogP contribution in [0.15, 0.2) is 42.5 Å². The Morgan fingerprint density at radius 1 is 1.08 bits per heavy atom. The summed E-state index contributed by atoms with van der Waals surface area (Å²) in [5.74, 6) is 0. The third-order valence-electron chi connectivity index (χ3n) is 4.31. The molecule has 8 heteroatoms. The molecular formula is C17H15Cl2N3O2S. The first-order valence-electron chi connectivity index (χ1n) is 7.75. The maximum Gasteiger partial charge on any atom is 0.302 e. The Morgan fingerprint density at radius 3 is 2.68 bits per heavy atom. The van der Waals surface area contributed by atoms with E-state index in [4.69, 9.17) is 23.2 Å². The van der Waals surface area contributed by atoms with Gasteiger partial charge in [0.25, 0.3) is 0 Å². The highest BCUT2D eigenvalue weighted by molar-refractivity contribution is 7.90. The number of anilines is 1. The number of halogens is 2. The number of benzene rings is 2. The van der Waals surface area contributed by atoms with Gasteiger partial charge in [-0.15, -0.1) is 0 Å². The average Bonchev–Trinajstić information content (AvgIpc) is 2.91. The second-order valence-electron chi connectivity index (χ2n) is 5.97. The molecule has 2 N–H and O–H groups in total. The van der Waals surface area contributed by atoms with Crippen LogP contribution in [0.2, 0.25) is 10.0 Å². The van der Waals surface area contributed by atoms with E-state index in [9.17, 15) is 8.42 Å². The molecule has 1 aromatic heterocycles. The first-order chi connectivity index (χ1) is 11.9. The topological polar surface area (TPSA) is 65.2 Å². The van der Waals surface area contributed by atoms with Crippen LogP contribution in [0.1, 0.15) is 11.3 Å². The molecular weight excluding hydrogens is 381 g/mol. The van der Waals surface area contributed by atoms with Gasteiger partial charge >= 0.3 is 10.2 Å². The minimum Gasteiger partial charge on any atom is -0.357 e. The van der Waals surface area contributed by atoms with Gasteiger partial charge in [-0.05, 0) is 48.4 Å². The van der Waals surface area contributed by atoms with Gasteiger partial charge in [0, 0.05) is 33.2 Å². The summed E-state index contributed by atoms with van der Waals surface area (Å²) in [6.45, 7) is 0.694. The molecule has 0 saturated carbocycles. The van der Waals surface area contributed by atoms with Crippen molar-refractivity contribution in [2.24, 2.45) is 0 Å². The van der Waals surface area contributed by atoms with Crippen LogP contribution >= 0.6 is 23.2 Å². The van der Waals surface area contributed by atoms with Crippen molar-refractivity contribution < 1.29 is 8.42 Å². The van der Waals surface area contributed by atoms with Gasteiger partial charge in [-0.2, -0.15) is 12.7 Å². The molecule has 4 rings (SSSR count). The zero-order chi connectivity index (χ0) is 17.6. The Hall–Kier alpha value is -1.73. The monoisotopic (exact) mass is 395 g/mol. The number of nitrogens with zero attached hydrogens (tertiary/aromatic N) is 1. The number of hydrogen-bond donors (Lipinski definition) is 2.